The average molecular weight is 449 g/mol. The number of carbonyl (C=O) groups is 2. The highest BCUT2D eigenvalue weighted by Gasteiger charge is 2.37. The minimum absolute atomic E-state index is 0.0950. The second kappa shape index (κ2) is 9.02. The molecule has 1 N–H and O–H groups in total. The van der Waals surface area contributed by atoms with Gasteiger partial charge in [-0.05, 0) is 67.9 Å². The van der Waals surface area contributed by atoms with Crippen LogP contribution in [-0.4, -0.2) is 53.3 Å². The molecule has 1 aliphatic heterocycles. The number of ether oxygens (including phenoxy) is 2. The minimum Gasteiger partial charge on any atom is -0.508 e. The topological polar surface area (TPSA) is 79.3 Å². The molecule has 4 rings (SSSR count). The smallest absolute Gasteiger partial charge is 0.410 e. The summed E-state index contributed by atoms with van der Waals surface area (Å²) < 4.78 is 11.6. The van der Waals surface area contributed by atoms with Gasteiger partial charge in [0.15, 0.2) is 0 Å². The van der Waals surface area contributed by atoms with E-state index in [1.54, 1.807) is 37.8 Å². The van der Waals surface area contributed by atoms with E-state index in [0.717, 1.165) is 10.8 Å². The number of piperazine rings is 1. The van der Waals surface area contributed by atoms with Crippen LogP contribution in [0.1, 0.15) is 20.8 Å². The Kier molecular flexibility index (Phi) is 6.14. The molecule has 0 aliphatic carbocycles. The number of phenols is 1. The molecule has 2 amide bonds. The largest absolute Gasteiger partial charge is 0.508 e. The zero-order valence-corrected chi connectivity index (χ0v) is 19.0. The van der Waals surface area contributed by atoms with Gasteiger partial charge in [0.05, 0.1) is 6.04 Å². The van der Waals surface area contributed by atoms with Crippen LogP contribution in [0, 0.1) is 0 Å². The standard InChI is InChI=1S/C26H28N2O5/c1-26(2,3)33-25(31)27-15-21(28(24(30)16-27)20-9-11-22(29)12-10-20)17-32-23-13-8-18-6-4-5-7-19(18)14-23/h4-14,21,29H,15-17H2,1-3H3. The van der Waals surface area contributed by atoms with Crippen LogP contribution in [0.4, 0.5) is 10.5 Å². The number of carbonyl (C=O) groups excluding carboxylic acids is 2. The Bertz CT molecular complexity index is 1150. The van der Waals surface area contributed by atoms with Gasteiger partial charge in [-0.2, -0.15) is 0 Å². The summed E-state index contributed by atoms with van der Waals surface area (Å²) in [6.45, 7) is 5.72. The zero-order valence-electron chi connectivity index (χ0n) is 19.0. The van der Waals surface area contributed by atoms with Crippen molar-refractivity contribution in [2.45, 2.75) is 32.4 Å². The van der Waals surface area contributed by atoms with Crippen molar-refractivity contribution in [3.63, 3.8) is 0 Å². The number of amides is 2. The van der Waals surface area contributed by atoms with E-state index in [4.69, 9.17) is 9.47 Å². The van der Waals surface area contributed by atoms with E-state index in [9.17, 15) is 14.7 Å². The number of aromatic hydroxyl groups is 1. The molecule has 1 unspecified atom stereocenters. The van der Waals surface area contributed by atoms with E-state index in [0.29, 0.717) is 11.4 Å². The summed E-state index contributed by atoms with van der Waals surface area (Å²) in [7, 11) is 0. The van der Waals surface area contributed by atoms with Crippen LogP contribution in [0.2, 0.25) is 0 Å². The first kappa shape index (κ1) is 22.5. The Hall–Kier alpha value is -3.74. The van der Waals surface area contributed by atoms with Crippen LogP contribution in [0.5, 0.6) is 11.5 Å². The van der Waals surface area contributed by atoms with Gasteiger partial charge in [-0.15, -0.1) is 0 Å². The lowest BCUT2D eigenvalue weighted by Crippen LogP contribution is -2.60. The molecule has 7 heteroatoms. The monoisotopic (exact) mass is 448 g/mol. The van der Waals surface area contributed by atoms with E-state index in [1.165, 1.54) is 17.0 Å². The van der Waals surface area contributed by atoms with Crippen LogP contribution in [0.15, 0.2) is 66.7 Å². The third kappa shape index (κ3) is 5.37. The fourth-order valence-electron chi connectivity index (χ4n) is 3.85. The van der Waals surface area contributed by atoms with E-state index in [1.807, 2.05) is 42.5 Å². The molecule has 0 spiro atoms. The van der Waals surface area contributed by atoms with E-state index >= 15 is 0 Å². The molecule has 3 aromatic carbocycles. The maximum Gasteiger partial charge on any atom is 0.410 e. The minimum atomic E-state index is -0.661. The molecule has 1 saturated heterocycles. The number of anilines is 1. The van der Waals surface area contributed by atoms with Crippen molar-refractivity contribution in [3.8, 4) is 11.5 Å². The van der Waals surface area contributed by atoms with Crippen molar-refractivity contribution in [2.24, 2.45) is 0 Å². The predicted octanol–water partition coefficient (Wildman–Crippen LogP) is 4.58. The summed E-state index contributed by atoms with van der Waals surface area (Å²) in [6.07, 6.45) is -0.531. The number of fused-ring (bicyclic) bond motifs is 1. The summed E-state index contributed by atoms with van der Waals surface area (Å²) in [6, 6.07) is 19.8. The molecule has 33 heavy (non-hydrogen) atoms. The van der Waals surface area contributed by atoms with Gasteiger partial charge in [0.2, 0.25) is 5.91 Å². The van der Waals surface area contributed by atoms with Gasteiger partial charge in [-0.25, -0.2) is 4.79 Å². The molecule has 172 valence electrons. The van der Waals surface area contributed by atoms with Crippen LogP contribution in [0.3, 0.4) is 0 Å². The van der Waals surface area contributed by atoms with Crippen LogP contribution in [-0.2, 0) is 9.53 Å². The van der Waals surface area contributed by atoms with Crippen LogP contribution >= 0.6 is 0 Å². The van der Waals surface area contributed by atoms with Crippen molar-refractivity contribution in [1.29, 1.82) is 0 Å². The first-order valence-electron chi connectivity index (χ1n) is 10.9. The van der Waals surface area contributed by atoms with Crippen LogP contribution in [0.25, 0.3) is 10.8 Å². The molecule has 7 nitrogen and oxygen atoms in total. The summed E-state index contributed by atoms with van der Waals surface area (Å²) >= 11 is 0. The van der Waals surface area contributed by atoms with Gasteiger partial charge >= 0.3 is 6.09 Å². The van der Waals surface area contributed by atoms with Crippen molar-refractivity contribution in [1.82, 2.24) is 4.90 Å². The highest BCUT2D eigenvalue weighted by molar-refractivity contribution is 5.98. The maximum absolute atomic E-state index is 13.1. The maximum atomic E-state index is 13.1. The normalized spacial score (nSPS) is 16.7. The molecule has 1 atom stereocenters. The van der Waals surface area contributed by atoms with Gasteiger partial charge in [0, 0.05) is 12.2 Å². The molecule has 0 saturated carbocycles. The third-order valence-corrected chi connectivity index (χ3v) is 5.33. The van der Waals surface area contributed by atoms with Crippen LogP contribution < -0.4 is 9.64 Å². The molecule has 1 heterocycles. The lowest BCUT2D eigenvalue weighted by Gasteiger charge is -2.41. The highest BCUT2D eigenvalue weighted by atomic mass is 16.6. The Morgan fingerprint density at radius 2 is 1.73 bits per heavy atom. The van der Waals surface area contributed by atoms with Gasteiger partial charge in [-0.3, -0.25) is 9.69 Å². The predicted molar refractivity (Wildman–Crippen MR) is 127 cm³/mol. The van der Waals surface area contributed by atoms with Crippen molar-refractivity contribution < 1.29 is 24.2 Å². The fraction of sp³-hybridized carbons (Fsp3) is 0.308. The quantitative estimate of drug-likeness (QED) is 0.632. The van der Waals surface area contributed by atoms with E-state index in [-0.39, 0.29) is 31.4 Å². The third-order valence-electron chi connectivity index (χ3n) is 5.33. The number of rotatable bonds is 4. The molecule has 0 bridgehead atoms. The number of benzene rings is 3. The van der Waals surface area contributed by atoms with E-state index in [2.05, 4.69) is 0 Å². The summed E-state index contributed by atoms with van der Waals surface area (Å²) in [4.78, 5) is 28.8. The lowest BCUT2D eigenvalue weighted by molar-refractivity contribution is -0.122. The number of phenolic OH excluding ortho intramolecular Hbond substituents is 1. The lowest BCUT2D eigenvalue weighted by atomic mass is 10.1. The van der Waals surface area contributed by atoms with Gasteiger partial charge in [0.1, 0.15) is 30.3 Å². The van der Waals surface area contributed by atoms with Crippen molar-refractivity contribution >= 4 is 28.5 Å². The number of nitrogens with zero attached hydrogens (tertiary/aromatic N) is 2. The second-order valence-electron chi connectivity index (χ2n) is 9.11. The van der Waals surface area contributed by atoms with Gasteiger partial charge in [0.25, 0.3) is 0 Å². The Labute approximate surface area is 193 Å². The molecule has 1 aliphatic rings. The van der Waals surface area contributed by atoms with Crippen molar-refractivity contribution in [3.05, 3.63) is 66.7 Å². The second-order valence-corrected chi connectivity index (χ2v) is 9.11. The first-order valence-corrected chi connectivity index (χ1v) is 10.9. The Morgan fingerprint density at radius 1 is 1.03 bits per heavy atom. The molecule has 0 radical (unpaired) electrons. The number of hydrogen-bond donors (Lipinski definition) is 1. The number of hydrogen-bond acceptors (Lipinski definition) is 5. The molecule has 0 aromatic heterocycles. The average Bonchev–Trinajstić information content (AvgIpc) is 2.77. The van der Waals surface area contributed by atoms with Crippen molar-refractivity contribution in [2.75, 3.05) is 24.6 Å². The molecule has 3 aromatic rings. The summed E-state index contributed by atoms with van der Waals surface area (Å²) in [5.74, 6) is 0.550. The highest BCUT2D eigenvalue weighted by Crippen LogP contribution is 2.26. The zero-order chi connectivity index (χ0) is 23.6. The summed E-state index contributed by atoms with van der Waals surface area (Å²) in [5, 5.41) is 11.8. The first-order chi connectivity index (χ1) is 15.7. The Morgan fingerprint density at radius 3 is 2.42 bits per heavy atom. The molecule has 1 fully saturated rings. The Balaban J connectivity index is 1.57. The summed E-state index contributed by atoms with van der Waals surface area (Å²) in [5.41, 5.74) is -0.0283. The van der Waals surface area contributed by atoms with E-state index < -0.39 is 17.7 Å². The molecular weight excluding hydrogens is 420 g/mol. The van der Waals surface area contributed by atoms with Gasteiger partial charge < -0.3 is 19.5 Å². The fourth-order valence-corrected chi connectivity index (χ4v) is 3.85. The van der Waals surface area contributed by atoms with Gasteiger partial charge in [-0.1, -0.05) is 30.3 Å². The molecular formula is C26H28N2O5. The SMILES string of the molecule is CC(C)(C)OC(=O)N1CC(=O)N(c2ccc(O)cc2)C(COc2ccc3ccccc3c2)C1.